The maximum Gasteiger partial charge on any atom is 0.162 e. The molecule has 3 aromatic rings. The highest BCUT2D eigenvalue weighted by atomic mass is 32.2. The summed E-state index contributed by atoms with van der Waals surface area (Å²) in [6.07, 6.45) is 0.619. The van der Waals surface area contributed by atoms with Crippen molar-refractivity contribution in [2.45, 2.75) is 12.5 Å². The molecule has 1 saturated heterocycles. The van der Waals surface area contributed by atoms with Crippen LogP contribution in [0.15, 0.2) is 41.1 Å². The van der Waals surface area contributed by atoms with E-state index in [9.17, 15) is 8.42 Å². The second-order valence-corrected chi connectivity index (χ2v) is 8.68. The normalized spacial score (nSPS) is 19.9. The molecule has 7 heteroatoms. The molecule has 0 unspecified atom stereocenters. The third-order valence-electron chi connectivity index (χ3n) is 3.96. The molecular weight excluding hydrogens is 330 g/mol. The van der Waals surface area contributed by atoms with Gasteiger partial charge in [0.2, 0.25) is 0 Å². The molecule has 3 heterocycles. The van der Waals surface area contributed by atoms with Gasteiger partial charge in [-0.05, 0) is 30.0 Å². The number of benzene rings is 1. The molecule has 0 saturated carbocycles. The van der Waals surface area contributed by atoms with E-state index in [4.69, 9.17) is 0 Å². The SMILES string of the molecule is O=S1(=O)CC[C@@H](Nc2nc(-c3ccsc3)nc3ccccc23)C1. The number of para-hydroxylation sites is 1. The van der Waals surface area contributed by atoms with Crippen LogP contribution in [0.2, 0.25) is 0 Å². The molecule has 1 fully saturated rings. The standard InChI is InChI=1S/C16H15N3O2S2/c20-23(21)8-6-12(10-23)17-16-13-3-1-2-4-14(13)18-15(19-16)11-5-7-22-9-11/h1-5,7,9,12H,6,8,10H2,(H,17,18,19)/t12-/m1/s1. The maximum absolute atomic E-state index is 11.7. The van der Waals surface area contributed by atoms with Crippen molar-refractivity contribution >= 4 is 37.9 Å². The van der Waals surface area contributed by atoms with Crippen LogP contribution < -0.4 is 5.32 Å². The molecule has 4 rings (SSSR count). The number of nitrogens with zero attached hydrogens (tertiary/aromatic N) is 2. The first-order valence-corrected chi connectivity index (χ1v) is 10.1. The Kier molecular flexibility index (Phi) is 3.54. The summed E-state index contributed by atoms with van der Waals surface area (Å²) < 4.78 is 23.4. The molecule has 1 aliphatic heterocycles. The first-order valence-electron chi connectivity index (χ1n) is 7.37. The van der Waals surface area contributed by atoms with Crippen LogP contribution in [0.4, 0.5) is 5.82 Å². The number of nitrogens with one attached hydrogen (secondary N) is 1. The topological polar surface area (TPSA) is 72.0 Å². The van der Waals surface area contributed by atoms with Gasteiger partial charge in [0.1, 0.15) is 5.82 Å². The fraction of sp³-hybridized carbons (Fsp3) is 0.250. The minimum absolute atomic E-state index is 0.0892. The zero-order valence-corrected chi connectivity index (χ0v) is 13.9. The van der Waals surface area contributed by atoms with E-state index in [1.165, 1.54) is 0 Å². The van der Waals surface area contributed by atoms with Crippen molar-refractivity contribution in [3.63, 3.8) is 0 Å². The van der Waals surface area contributed by atoms with Crippen LogP contribution in [-0.4, -0.2) is 35.9 Å². The van der Waals surface area contributed by atoms with Gasteiger partial charge in [-0.1, -0.05) is 12.1 Å². The highest BCUT2D eigenvalue weighted by molar-refractivity contribution is 7.91. The quantitative estimate of drug-likeness (QED) is 0.790. The van der Waals surface area contributed by atoms with Crippen molar-refractivity contribution in [1.82, 2.24) is 9.97 Å². The maximum atomic E-state index is 11.7. The zero-order chi connectivity index (χ0) is 15.9. The number of hydrogen-bond donors (Lipinski definition) is 1. The van der Waals surface area contributed by atoms with Crippen LogP contribution in [0.3, 0.4) is 0 Å². The third-order valence-corrected chi connectivity index (χ3v) is 6.41. The van der Waals surface area contributed by atoms with Gasteiger partial charge in [0, 0.05) is 22.4 Å². The lowest BCUT2D eigenvalue weighted by Crippen LogP contribution is -2.21. The summed E-state index contributed by atoms with van der Waals surface area (Å²) in [6, 6.07) is 9.68. The molecule has 2 aromatic heterocycles. The highest BCUT2D eigenvalue weighted by Crippen LogP contribution is 2.27. The lowest BCUT2D eigenvalue weighted by Gasteiger charge is -2.14. The Labute approximate surface area is 138 Å². The van der Waals surface area contributed by atoms with Crippen molar-refractivity contribution in [3.05, 3.63) is 41.1 Å². The fourth-order valence-electron chi connectivity index (χ4n) is 2.81. The molecule has 1 N–H and O–H groups in total. The van der Waals surface area contributed by atoms with E-state index < -0.39 is 9.84 Å². The summed E-state index contributed by atoms with van der Waals surface area (Å²) in [5.41, 5.74) is 1.83. The van der Waals surface area contributed by atoms with E-state index >= 15 is 0 Å². The largest absolute Gasteiger partial charge is 0.366 e. The smallest absolute Gasteiger partial charge is 0.162 e. The predicted octanol–water partition coefficient (Wildman–Crippen LogP) is 2.96. The first-order chi connectivity index (χ1) is 11.1. The Bertz CT molecular complexity index is 953. The van der Waals surface area contributed by atoms with Crippen molar-refractivity contribution in [2.24, 2.45) is 0 Å². The van der Waals surface area contributed by atoms with E-state index in [1.54, 1.807) is 11.3 Å². The highest BCUT2D eigenvalue weighted by Gasteiger charge is 2.28. The summed E-state index contributed by atoms with van der Waals surface area (Å²) >= 11 is 1.60. The van der Waals surface area contributed by atoms with Crippen molar-refractivity contribution in [2.75, 3.05) is 16.8 Å². The molecule has 1 aliphatic rings. The van der Waals surface area contributed by atoms with Gasteiger partial charge in [-0.2, -0.15) is 11.3 Å². The average Bonchev–Trinajstić information content (AvgIpc) is 3.17. The molecule has 118 valence electrons. The number of fused-ring (bicyclic) bond motifs is 1. The van der Waals surface area contributed by atoms with Gasteiger partial charge in [0.05, 0.1) is 17.0 Å². The molecular formula is C16H15N3O2S2. The number of anilines is 1. The summed E-state index contributed by atoms with van der Waals surface area (Å²) in [7, 11) is -2.93. The molecule has 0 radical (unpaired) electrons. The Morgan fingerprint density at radius 3 is 2.78 bits per heavy atom. The van der Waals surface area contributed by atoms with Crippen LogP contribution in [-0.2, 0) is 9.84 Å². The molecule has 0 spiro atoms. The molecule has 1 aromatic carbocycles. The van der Waals surface area contributed by atoms with E-state index in [0.29, 0.717) is 18.1 Å². The molecule has 0 amide bonds. The number of thiophene rings is 1. The summed E-state index contributed by atoms with van der Waals surface area (Å²) in [5.74, 6) is 1.77. The zero-order valence-electron chi connectivity index (χ0n) is 12.3. The van der Waals surface area contributed by atoms with Crippen LogP contribution in [0, 0.1) is 0 Å². The third kappa shape index (κ3) is 2.94. The molecule has 5 nitrogen and oxygen atoms in total. The van der Waals surface area contributed by atoms with Crippen LogP contribution >= 0.6 is 11.3 Å². The second kappa shape index (κ2) is 5.58. The minimum Gasteiger partial charge on any atom is -0.366 e. The monoisotopic (exact) mass is 345 g/mol. The lowest BCUT2D eigenvalue weighted by atomic mass is 10.2. The summed E-state index contributed by atoms with van der Waals surface area (Å²) in [4.78, 5) is 9.26. The number of aromatic nitrogens is 2. The predicted molar refractivity (Wildman–Crippen MR) is 93.5 cm³/mol. The van der Waals surface area contributed by atoms with E-state index in [-0.39, 0.29) is 17.5 Å². The van der Waals surface area contributed by atoms with E-state index in [0.717, 1.165) is 16.5 Å². The van der Waals surface area contributed by atoms with Crippen molar-refractivity contribution in [1.29, 1.82) is 0 Å². The molecule has 23 heavy (non-hydrogen) atoms. The van der Waals surface area contributed by atoms with Crippen LogP contribution in [0.25, 0.3) is 22.3 Å². The Balaban J connectivity index is 1.78. The molecule has 0 aliphatic carbocycles. The van der Waals surface area contributed by atoms with E-state index in [1.807, 2.05) is 41.1 Å². The second-order valence-electron chi connectivity index (χ2n) is 5.67. The molecule has 1 atom stereocenters. The molecule has 0 bridgehead atoms. The lowest BCUT2D eigenvalue weighted by molar-refractivity contribution is 0.602. The van der Waals surface area contributed by atoms with Gasteiger partial charge >= 0.3 is 0 Å². The average molecular weight is 345 g/mol. The number of hydrogen-bond acceptors (Lipinski definition) is 6. The summed E-state index contributed by atoms with van der Waals surface area (Å²) in [5, 5.41) is 8.23. The Morgan fingerprint density at radius 1 is 1.17 bits per heavy atom. The number of sulfone groups is 1. The Hall–Kier alpha value is -1.99. The van der Waals surface area contributed by atoms with Gasteiger partial charge in [0.25, 0.3) is 0 Å². The van der Waals surface area contributed by atoms with Crippen molar-refractivity contribution < 1.29 is 8.42 Å². The van der Waals surface area contributed by atoms with Gasteiger partial charge in [-0.3, -0.25) is 0 Å². The van der Waals surface area contributed by atoms with Gasteiger partial charge < -0.3 is 5.32 Å². The van der Waals surface area contributed by atoms with Gasteiger partial charge in [0.15, 0.2) is 15.7 Å². The van der Waals surface area contributed by atoms with Crippen molar-refractivity contribution in [3.8, 4) is 11.4 Å². The Morgan fingerprint density at radius 2 is 2.04 bits per heavy atom. The first kappa shape index (κ1) is 14.6. The van der Waals surface area contributed by atoms with Crippen LogP contribution in [0.1, 0.15) is 6.42 Å². The van der Waals surface area contributed by atoms with Crippen LogP contribution in [0.5, 0.6) is 0 Å². The van der Waals surface area contributed by atoms with Gasteiger partial charge in [-0.25, -0.2) is 18.4 Å². The van der Waals surface area contributed by atoms with E-state index in [2.05, 4.69) is 15.3 Å². The van der Waals surface area contributed by atoms with Gasteiger partial charge in [-0.15, -0.1) is 0 Å². The fourth-order valence-corrected chi connectivity index (χ4v) is 5.12. The number of rotatable bonds is 3. The minimum atomic E-state index is -2.93. The summed E-state index contributed by atoms with van der Waals surface area (Å²) in [6.45, 7) is 0.